The predicted octanol–water partition coefficient (Wildman–Crippen LogP) is 1.77. The van der Waals surface area contributed by atoms with Crippen LogP contribution in [0.5, 0.6) is 0 Å². The lowest BCUT2D eigenvalue weighted by atomic mass is 12.0. The minimum Gasteiger partial charge on any atom is -0.239 e. The molecule has 5 heavy (non-hydrogen) atoms. The Kier molecular flexibility index (Phi) is 6.02. The monoisotopic (exact) mass is 128 g/mol. The van der Waals surface area contributed by atoms with Crippen molar-refractivity contribution >= 4 is 34.8 Å². The molecule has 0 aromatic rings. The number of hydrogen-bond acceptors (Lipinski definition) is 4. The van der Waals surface area contributed by atoms with E-state index in [-0.39, 0.29) is 0 Å². The van der Waals surface area contributed by atoms with Crippen LogP contribution in [0.1, 0.15) is 0 Å². The van der Waals surface area contributed by atoms with E-state index in [9.17, 15) is 0 Å². The number of thiol groups is 1. The van der Waals surface area contributed by atoms with Gasteiger partial charge in [0.05, 0.1) is 11.1 Å². The Bertz CT molecular complexity index is 14.4. The summed E-state index contributed by atoms with van der Waals surface area (Å²) in [6, 6.07) is 0. The van der Waals surface area contributed by atoms with Crippen LogP contribution in [-0.2, 0) is 3.63 Å². The fourth-order valence-electron chi connectivity index (χ4n) is 0.0304. The van der Waals surface area contributed by atoms with Gasteiger partial charge in [-0.05, 0) is 19.2 Å². The first-order chi connectivity index (χ1) is 2.41. The average molecular weight is 128 g/mol. The second-order valence-electron chi connectivity index (χ2n) is 0.309. The standard InChI is InChI=1S/CH4OS3/c1-4-5-2-3/h3H,1H3. The van der Waals surface area contributed by atoms with E-state index in [1.165, 1.54) is 21.9 Å². The molecule has 0 fully saturated rings. The molecular weight excluding hydrogens is 124 g/mol. The van der Waals surface area contributed by atoms with Crippen molar-refractivity contribution in [2.45, 2.75) is 0 Å². The third-order valence-corrected chi connectivity index (χ3v) is 1.43. The molecule has 4 heteroatoms. The summed E-state index contributed by atoms with van der Waals surface area (Å²) in [6.45, 7) is 0. The normalized spacial score (nSPS) is 8.40. The molecule has 0 unspecified atom stereocenters. The summed E-state index contributed by atoms with van der Waals surface area (Å²) < 4.78 is 4.27. The molecule has 0 heterocycles. The largest absolute Gasteiger partial charge is 0.239 e. The van der Waals surface area contributed by atoms with Gasteiger partial charge in [-0.3, -0.25) is 0 Å². The summed E-state index contributed by atoms with van der Waals surface area (Å²) in [5, 5.41) is 0. The van der Waals surface area contributed by atoms with Crippen LogP contribution in [0.4, 0.5) is 0 Å². The molecule has 0 aliphatic heterocycles. The van der Waals surface area contributed by atoms with Crippen molar-refractivity contribution in [3.63, 3.8) is 0 Å². The summed E-state index contributed by atoms with van der Waals surface area (Å²) in [6.07, 6.45) is 1.92. The van der Waals surface area contributed by atoms with E-state index >= 15 is 0 Å². The van der Waals surface area contributed by atoms with Gasteiger partial charge < -0.3 is 0 Å². The first kappa shape index (κ1) is 6.01. The molecule has 0 rings (SSSR count). The molecule has 0 spiro atoms. The second-order valence-corrected chi connectivity index (χ2v) is 2.78. The topological polar surface area (TPSA) is 9.23 Å². The van der Waals surface area contributed by atoms with E-state index in [1.54, 1.807) is 0 Å². The van der Waals surface area contributed by atoms with Gasteiger partial charge in [0.25, 0.3) is 0 Å². The maximum absolute atomic E-state index is 4.27. The number of hydrogen-bond donors (Lipinski definition) is 1. The van der Waals surface area contributed by atoms with Gasteiger partial charge in [-0.2, -0.15) is 0 Å². The zero-order valence-electron chi connectivity index (χ0n) is 2.67. The van der Waals surface area contributed by atoms with Crippen LogP contribution in [0.15, 0.2) is 0 Å². The molecule has 1 nitrogen and oxygen atoms in total. The molecule has 0 aliphatic carbocycles. The van der Waals surface area contributed by atoms with E-state index in [0.29, 0.717) is 0 Å². The summed E-state index contributed by atoms with van der Waals surface area (Å²) in [7, 11) is 1.52. The van der Waals surface area contributed by atoms with E-state index in [1.807, 2.05) is 6.26 Å². The lowest BCUT2D eigenvalue weighted by Crippen LogP contribution is -1.39. The molecule has 0 radical (unpaired) electrons. The minimum atomic E-state index is 1.24. The maximum Gasteiger partial charge on any atom is 0.0770 e. The average Bonchev–Trinajstić information content (AvgIpc) is 1.41. The molecular formula is CH4OS3. The van der Waals surface area contributed by atoms with Gasteiger partial charge in [0.15, 0.2) is 0 Å². The van der Waals surface area contributed by atoms with Crippen LogP contribution >= 0.6 is 34.8 Å². The van der Waals surface area contributed by atoms with E-state index in [2.05, 4.69) is 16.5 Å². The van der Waals surface area contributed by atoms with E-state index < -0.39 is 0 Å². The van der Waals surface area contributed by atoms with Gasteiger partial charge >= 0.3 is 0 Å². The number of rotatable bonds is 2. The van der Waals surface area contributed by atoms with Crippen molar-refractivity contribution in [3.8, 4) is 0 Å². The lowest BCUT2D eigenvalue weighted by Gasteiger charge is -1.79. The van der Waals surface area contributed by atoms with Gasteiger partial charge in [-0.1, -0.05) is 10.8 Å². The zero-order chi connectivity index (χ0) is 4.12. The SMILES string of the molecule is CSSOS. The van der Waals surface area contributed by atoms with Crippen molar-refractivity contribution in [2.24, 2.45) is 0 Å². The Morgan fingerprint density at radius 1 is 1.80 bits per heavy atom. The fourth-order valence-corrected chi connectivity index (χ4v) is 0.822. The highest BCUT2D eigenvalue weighted by Crippen LogP contribution is 2.18. The first-order valence-electron chi connectivity index (χ1n) is 0.924. The lowest BCUT2D eigenvalue weighted by molar-refractivity contribution is 0.788. The summed E-state index contributed by atoms with van der Waals surface area (Å²) in [5.41, 5.74) is 0. The second kappa shape index (κ2) is 5.01. The smallest absolute Gasteiger partial charge is 0.0770 e. The van der Waals surface area contributed by atoms with Gasteiger partial charge in [-0.25, -0.2) is 3.63 Å². The van der Waals surface area contributed by atoms with Gasteiger partial charge in [-0.15, -0.1) is 0 Å². The van der Waals surface area contributed by atoms with Gasteiger partial charge in [0, 0.05) is 0 Å². The maximum atomic E-state index is 4.27. The third kappa shape index (κ3) is 5.01. The summed E-state index contributed by atoms with van der Waals surface area (Å²) >= 11 is 4.69. The molecule has 0 atom stereocenters. The van der Waals surface area contributed by atoms with Gasteiger partial charge in [0.2, 0.25) is 0 Å². The molecule has 32 valence electrons. The molecule has 0 aliphatic rings. The van der Waals surface area contributed by atoms with Crippen LogP contribution in [0.3, 0.4) is 0 Å². The van der Waals surface area contributed by atoms with Crippen LogP contribution in [0.2, 0.25) is 0 Å². The highest BCUT2D eigenvalue weighted by Gasteiger charge is 1.69. The first-order valence-corrected chi connectivity index (χ1v) is 3.77. The molecule has 0 saturated heterocycles. The highest BCUT2D eigenvalue weighted by atomic mass is 33.1. The van der Waals surface area contributed by atoms with E-state index in [0.717, 1.165) is 0 Å². The Labute approximate surface area is 45.1 Å². The molecule has 0 saturated carbocycles. The highest BCUT2D eigenvalue weighted by molar-refractivity contribution is 8.75. The molecule has 0 aromatic carbocycles. The van der Waals surface area contributed by atoms with Crippen molar-refractivity contribution in [1.82, 2.24) is 0 Å². The fraction of sp³-hybridized carbons (Fsp3) is 1.00. The zero-order valence-corrected chi connectivity index (χ0v) is 5.20. The quantitative estimate of drug-likeness (QED) is 0.345. The molecule has 0 bridgehead atoms. The molecule has 0 aromatic heterocycles. The van der Waals surface area contributed by atoms with Crippen molar-refractivity contribution in [1.29, 1.82) is 0 Å². The van der Waals surface area contributed by atoms with Crippen LogP contribution < -0.4 is 0 Å². The molecule has 0 amide bonds. The van der Waals surface area contributed by atoms with Crippen LogP contribution in [0, 0.1) is 0 Å². The Balaban J connectivity index is 2.19. The van der Waals surface area contributed by atoms with Crippen molar-refractivity contribution in [2.75, 3.05) is 6.26 Å². The van der Waals surface area contributed by atoms with Crippen LogP contribution in [-0.4, -0.2) is 6.26 Å². The molecule has 0 N–H and O–H groups in total. The van der Waals surface area contributed by atoms with Crippen LogP contribution in [0.25, 0.3) is 0 Å². The summed E-state index contributed by atoms with van der Waals surface area (Å²) in [5.74, 6) is 0. The minimum absolute atomic E-state index is 1.24. The van der Waals surface area contributed by atoms with Crippen molar-refractivity contribution in [3.05, 3.63) is 0 Å². The van der Waals surface area contributed by atoms with Gasteiger partial charge in [0.1, 0.15) is 0 Å². The summed E-state index contributed by atoms with van der Waals surface area (Å²) in [4.78, 5) is 0. The Morgan fingerprint density at radius 3 is 2.40 bits per heavy atom. The van der Waals surface area contributed by atoms with E-state index in [4.69, 9.17) is 0 Å². The third-order valence-electron chi connectivity index (χ3n) is 0.0985. The Morgan fingerprint density at radius 2 is 2.40 bits per heavy atom. The van der Waals surface area contributed by atoms with Crippen molar-refractivity contribution < 1.29 is 3.63 Å². The predicted molar refractivity (Wildman–Crippen MR) is 31.2 cm³/mol. The Hall–Kier alpha value is 1.01.